The highest BCUT2D eigenvalue weighted by molar-refractivity contribution is 7.26. The van der Waals surface area contributed by atoms with E-state index in [-0.39, 0.29) is 10.8 Å². The minimum Gasteiger partial charge on any atom is -0.200 e. The van der Waals surface area contributed by atoms with Crippen LogP contribution >= 0.6 is 11.3 Å². The SMILES string of the molecule is Cc1c(-c2c3sc4c(C)c(C5(C#N)CCC(C)(C)CC5)ccc4c3cc[n+]2C)cc2c(c1C)-c1ccccc1C2(C)C. The lowest BCUT2D eigenvalue weighted by Gasteiger charge is -2.40. The molecule has 2 heterocycles. The molecule has 2 aromatic heterocycles. The smallest absolute Gasteiger partial charge is 0.200 e. The van der Waals surface area contributed by atoms with Crippen LogP contribution in [0.3, 0.4) is 0 Å². The Labute approximate surface area is 254 Å². The van der Waals surface area contributed by atoms with E-state index in [1.165, 1.54) is 75.9 Å². The van der Waals surface area contributed by atoms with Crippen molar-refractivity contribution in [2.24, 2.45) is 12.5 Å². The fourth-order valence-electron chi connectivity index (χ4n) is 8.10. The third kappa shape index (κ3) is 3.64. The third-order valence-electron chi connectivity index (χ3n) is 11.1. The first-order chi connectivity index (χ1) is 19.9. The standard InChI is InChI=1S/C39H41N2S/c1-23-24(2)33-28-11-9-10-12-31(28)38(6,7)32(33)21-29(23)34-36-27(15-20-41(34)8)26-13-14-30(25(3)35(26)42-36)39(22-40)18-16-37(4,5)17-19-39/h9-15,20-21H,16-19H2,1-8H3/q+1. The average molecular weight is 570 g/mol. The quantitative estimate of drug-likeness (QED) is 0.194. The van der Waals surface area contributed by atoms with Crippen LogP contribution in [-0.4, -0.2) is 0 Å². The number of nitriles is 1. The topological polar surface area (TPSA) is 27.7 Å². The summed E-state index contributed by atoms with van der Waals surface area (Å²) in [5.74, 6) is 0. The lowest BCUT2D eigenvalue weighted by atomic mass is 9.62. The number of nitrogens with zero attached hydrogens (tertiary/aromatic N) is 2. The van der Waals surface area contributed by atoms with Crippen molar-refractivity contribution in [2.45, 2.75) is 85.0 Å². The maximum Gasteiger partial charge on any atom is 0.230 e. The van der Waals surface area contributed by atoms with E-state index in [1.54, 1.807) is 0 Å². The molecule has 2 aliphatic rings. The van der Waals surface area contributed by atoms with E-state index in [1.807, 2.05) is 11.3 Å². The van der Waals surface area contributed by atoms with Gasteiger partial charge in [0.25, 0.3) is 0 Å². The van der Waals surface area contributed by atoms with E-state index in [0.29, 0.717) is 5.41 Å². The van der Waals surface area contributed by atoms with Crippen LogP contribution in [0, 0.1) is 37.5 Å². The normalized spacial score (nSPS) is 18.2. The first kappa shape index (κ1) is 27.4. The molecule has 7 rings (SSSR count). The molecule has 2 aliphatic carbocycles. The molecule has 3 aromatic carbocycles. The minimum absolute atomic E-state index is 0.0442. The second kappa shape index (κ2) is 9.01. The van der Waals surface area contributed by atoms with Crippen LogP contribution in [0.4, 0.5) is 0 Å². The van der Waals surface area contributed by atoms with Crippen LogP contribution in [0.25, 0.3) is 42.6 Å². The Balaban J connectivity index is 1.46. The molecule has 0 radical (unpaired) electrons. The van der Waals surface area contributed by atoms with Crippen LogP contribution in [0.2, 0.25) is 0 Å². The number of pyridine rings is 1. The van der Waals surface area contributed by atoms with Gasteiger partial charge < -0.3 is 0 Å². The van der Waals surface area contributed by atoms with Crippen molar-refractivity contribution >= 4 is 31.5 Å². The van der Waals surface area contributed by atoms with Gasteiger partial charge in [0, 0.05) is 27.0 Å². The van der Waals surface area contributed by atoms with Gasteiger partial charge in [-0.05, 0) is 102 Å². The Morgan fingerprint density at radius 2 is 1.43 bits per heavy atom. The number of aromatic nitrogens is 1. The lowest BCUT2D eigenvalue weighted by Crippen LogP contribution is -2.34. The molecular weight excluding hydrogens is 529 g/mol. The highest BCUT2D eigenvalue weighted by Gasteiger charge is 2.42. The van der Waals surface area contributed by atoms with E-state index >= 15 is 0 Å². The first-order valence-electron chi connectivity index (χ1n) is 15.4. The summed E-state index contributed by atoms with van der Waals surface area (Å²) in [7, 11) is 2.19. The van der Waals surface area contributed by atoms with Gasteiger partial charge in [0.15, 0.2) is 6.20 Å². The Morgan fingerprint density at radius 3 is 2.14 bits per heavy atom. The summed E-state index contributed by atoms with van der Waals surface area (Å²) in [5.41, 5.74) is 13.4. The van der Waals surface area contributed by atoms with Gasteiger partial charge in [-0.1, -0.05) is 64.1 Å². The van der Waals surface area contributed by atoms with Crippen LogP contribution in [0.5, 0.6) is 0 Å². The van der Waals surface area contributed by atoms with Gasteiger partial charge in [0.05, 0.1) is 17.0 Å². The summed E-state index contributed by atoms with van der Waals surface area (Å²) in [6.45, 7) is 16.3. The summed E-state index contributed by atoms with van der Waals surface area (Å²) in [6, 6.07) is 21.1. The van der Waals surface area contributed by atoms with Crippen molar-refractivity contribution < 1.29 is 4.57 Å². The van der Waals surface area contributed by atoms with E-state index in [4.69, 9.17) is 0 Å². The van der Waals surface area contributed by atoms with E-state index < -0.39 is 0 Å². The minimum atomic E-state index is -0.383. The fraction of sp³-hybridized carbons (Fsp3) is 0.385. The lowest BCUT2D eigenvalue weighted by molar-refractivity contribution is -0.659. The third-order valence-corrected chi connectivity index (χ3v) is 12.4. The zero-order chi connectivity index (χ0) is 29.8. The number of hydrogen-bond acceptors (Lipinski definition) is 2. The molecule has 1 saturated carbocycles. The Hall–Kier alpha value is -3.48. The molecule has 42 heavy (non-hydrogen) atoms. The largest absolute Gasteiger partial charge is 0.230 e. The van der Waals surface area contributed by atoms with Gasteiger partial charge in [-0.2, -0.15) is 9.83 Å². The summed E-state index contributed by atoms with van der Waals surface area (Å²) in [6.07, 6.45) is 6.32. The van der Waals surface area contributed by atoms with Crippen LogP contribution in [0.15, 0.2) is 54.7 Å². The molecule has 0 atom stereocenters. The molecule has 0 bridgehead atoms. The van der Waals surface area contributed by atoms with E-state index in [9.17, 15) is 5.26 Å². The molecule has 0 N–H and O–H groups in total. The van der Waals surface area contributed by atoms with Crippen LogP contribution in [0.1, 0.15) is 86.8 Å². The predicted octanol–water partition coefficient (Wildman–Crippen LogP) is 10.1. The highest BCUT2D eigenvalue weighted by atomic mass is 32.1. The molecule has 0 unspecified atom stereocenters. The Kier molecular flexibility index (Phi) is 5.87. The molecule has 2 nitrogen and oxygen atoms in total. The van der Waals surface area contributed by atoms with Gasteiger partial charge in [-0.15, -0.1) is 11.3 Å². The molecular formula is C39H41N2S+. The van der Waals surface area contributed by atoms with Gasteiger partial charge in [0.1, 0.15) is 11.7 Å². The Morgan fingerprint density at radius 1 is 0.738 bits per heavy atom. The van der Waals surface area contributed by atoms with Crippen molar-refractivity contribution in [3.63, 3.8) is 0 Å². The number of thiophene rings is 1. The summed E-state index contributed by atoms with van der Waals surface area (Å²) < 4.78 is 4.98. The molecule has 0 saturated heterocycles. The summed E-state index contributed by atoms with van der Waals surface area (Å²) in [4.78, 5) is 0. The summed E-state index contributed by atoms with van der Waals surface area (Å²) in [5, 5.41) is 13.1. The van der Waals surface area contributed by atoms with Crippen molar-refractivity contribution in [3.8, 4) is 28.5 Å². The Bertz CT molecular complexity index is 1990. The number of fused-ring (bicyclic) bond motifs is 6. The monoisotopic (exact) mass is 569 g/mol. The second-order valence-corrected chi connectivity index (χ2v) is 15.4. The number of aryl methyl sites for hydroxylation is 2. The molecule has 0 aliphatic heterocycles. The molecule has 5 aromatic rings. The predicted molar refractivity (Wildman–Crippen MR) is 177 cm³/mol. The maximum atomic E-state index is 10.5. The van der Waals surface area contributed by atoms with Crippen molar-refractivity contribution in [1.82, 2.24) is 0 Å². The first-order valence-corrected chi connectivity index (χ1v) is 16.2. The van der Waals surface area contributed by atoms with Gasteiger partial charge in [0.2, 0.25) is 5.69 Å². The number of hydrogen-bond donors (Lipinski definition) is 0. The molecule has 0 amide bonds. The fourth-order valence-corrected chi connectivity index (χ4v) is 9.49. The molecule has 0 spiro atoms. The average Bonchev–Trinajstić information content (AvgIpc) is 3.45. The highest BCUT2D eigenvalue weighted by Crippen LogP contribution is 2.53. The van der Waals surface area contributed by atoms with Crippen molar-refractivity contribution in [3.05, 3.63) is 88.1 Å². The molecule has 1 fully saturated rings. The van der Waals surface area contributed by atoms with Crippen LogP contribution in [-0.2, 0) is 17.9 Å². The van der Waals surface area contributed by atoms with Gasteiger partial charge >= 0.3 is 0 Å². The van der Waals surface area contributed by atoms with E-state index in [0.717, 1.165) is 25.7 Å². The molecule has 3 heteroatoms. The van der Waals surface area contributed by atoms with Crippen molar-refractivity contribution in [2.75, 3.05) is 0 Å². The summed E-state index contributed by atoms with van der Waals surface area (Å²) >= 11 is 1.92. The number of benzene rings is 3. The van der Waals surface area contributed by atoms with Crippen LogP contribution < -0.4 is 4.57 Å². The molecule has 212 valence electrons. The number of rotatable bonds is 2. The second-order valence-electron chi connectivity index (χ2n) is 14.4. The van der Waals surface area contributed by atoms with E-state index in [2.05, 4.69) is 121 Å². The zero-order valence-electron chi connectivity index (χ0n) is 26.3. The maximum absolute atomic E-state index is 10.5. The van der Waals surface area contributed by atoms with Gasteiger partial charge in [-0.3, -0.25) is 0 Å². The van der Waals surface area contributed by atoms with Gasteiger partial charge in [-0.25, -0.2) is 0 Å². The zero-order valence-corrected chi connectivity index (χ0v) is 27.1. The van der Waals surface area contributed by atoms with Crippen molar-refractivity contribution in [1.29, 1.82) is 5.26 Å².